The van der Waals surface area contributed by atoms with Gasteiger partial charge >= 0.3 is 0 Å². The number of rotatable bonds is 5. The smallest absolute Gasteiger partial charge is 0.253 e. The van der Waals surface area contributed by atoms with Crippen LogP contribution >= 0.6 is 0 Å². The largest absolute Gasteiger partial charge is 0.336 e. The summed E-state index contributed by atoms with van der Waals surface area (Å²) in [7, 11) is -3.31. The average Bonchev–Trinajstić information content (AvgIpc) is 2.67. The van der Waals surface area contributed by atoms with Gasteiger partial charge in [-0.25, -0.2) is 8.42 Å². The van der Waals surface area contributed by atoms with Gasteiger partial charge in [0.05, 0.1) is 5.75 Å². The Morgan fingerprint density at radius 1 is 0.962 bits per heavy atom. The van der Waals surface area contributed by atoms with E-state index in [9.17, 15) is 13.2 Å². The van der Waals surface area contributed by atoms with Gasteiger partial charge in [0.25, 0.3) is 5.91 Å². The standard InChI is InChI=1S/C20H24N2O3S/c1-17-6-5-9-19(16-17)20(23)21-11-13-22(14-12-21)26(24,25)15-10-18-7-3-2-4-8-18/h2-9,16H,10-15H2,1H3. The fourth-order valence-corrected chi connectivity index (χ4v) is 4.62. The highest BCUT2D eigenvalue weighted by atomic mass is 32.2. The molecule has 2 aromatic rings. The maximum absolute atomic E-state index is 12.6. The summed E-state index contributed by atoms with van der Waals surface area (Å²) in [6.45, 7) is 3.52. The van der Waals surface area contributed by atoms with Crippen molar-refractivity contribution in [3.8, 4) is 0 Å². The van der Waals surface area contributed by atoms with Crippen LogP contribution in [0.5, 0.6) is 0 Å². The van der Waals surface area contributed by atoms with Gasteiger partial charge in [0.2, 0.25) is 10.0 Å². The van der Waals surface area contributed by atoms with Gasteiger partial charge < -0.3 is 4.90 Å². The lowest BCUT2D eigenvalue weighted by atomic mass is 10.1. The van der Waals surface area contributed by atoms with Crippen molar-refractivity contribution in [3.63, 3.8) is 0 Å². The van der Waals surface area contributed by atoms with Crippen molar-refractivity contribution in [2.24, 2.45) is 0 Å². The number of amides is 1. The molecule has 1 saturated heterocycles. The molecule has 0 spiro atoms. The lowest BCUT2D eigenvalue weighted by Crippen LogP contribution is -2.51. The molecule has 2 aromatic carbocycles. The summed E-state index contributed by atoms with van der Waals surface area (Å²) in [6.07, 6.45) is 0.506. The maximum Gasteiger partial charge on any atom is 0.253 e. The van der Waals surface area contributed by atoms with Crippen LogP contribution in [-0.4, -0.2) is 55.5 Å². The van der Waals surface area contributed by atoms with Gasteiger partial charge in [0.15, 0.2) is 0 Å². The van der Waals surface area contributed by atoms with Crippen molar-refractivity contribution >= 4 is 15.9 Å². The number of hydrogen-bond donors (Lipinski definition) is 0. The molecule has 0 radical (unpaired) electrons. The number of nitrogens with zero attached hydrogens (tertiary/aromatic N) is 2. The number of carbonyl (C=O) groups excluding carboxylic acids is 1. The van der Waals surface area contributed by atoms with E-state index in [0.29, 0.717) is 38.2 Å². The van der Waals surface area contributed by atoms with E-state index in [-0.39, 0.29) is 11.7 Å². The molecule has 1 amide bonds. The Morgan fingerprint density at radius 2 is 1.65 bits per heavy atom. The monoisotopic (exact) mass is 372 g/mol. The second kappa shape index (κ2) is 8.01. The van der Waals surface area contributed by atoms with Crippen molar-refractivity contribution < 1.29 is 13.2 Å². The molecule has 5 nitrogen and oxygen atoms in total. The van der Waals surface area contributed by atoms with Crippen molar-refractivity contribution in [3.05, 3.63) is 71.3 Å². The maximum atomic E-state index is 12.6. The van der Waals surface area contributed by atoms with E-state index < -0.39 is 10.0 Å². The first-order valence-electron chi connectivity index (χ1n) is 8.83. The van der Waals surface area contributed by atoms with E-state index in [4.69, 9.17) is 0 Å². The highest BCUT2D eigenvalue weighted by molar-refractivity contribution is 7.89. The molecule has 0 N–H and O–H groups in total. The first-order valence-corrected chi connectivity index (χ1v) is 10.4. The molecule has 0 atom stereocenters. The average molecular weight is 372 g/mol. The summed E-state index contributed by atoms with van der Waals surface area (Å²) in [5.41, 5.74) is 2.72. The summed E-state index contributed by atoms with van der Waals surface area (Å²) in [5, 5.41) is 0. The Hall–Kier alpha value is -2.18. The number of hydrogen-bond acceptors (Lipinski definition) is 3. The minimum atomic E-state index is -3.31. The topological polar surface area (TPSA) is 57.7 Å². The summed E-state index contributed by atoms with van der Waals surface area (Å²) < 4.78 is 26.7. The number of piperazine rings is 1. The minimum Gasteiger partial charge on any atom is -0.336 e. The Morgan fingerprint density at radius 3 is 2.31 bits per heavy atom. The molecular weight excluding hydrogens is 348 g/mol. The van der Waals surface area contributed by atoms with Gasteiger partial charge in [-0.15, -0.1) is 0 Å². The van der Waals surface area contributed by atoms with E-state index in [1.807, 2.05) is 55.5 Å². The Kier molecular flexibility index (Phi) is 5.74. The Bertz CT molecular complexity index is 858. The SMILES string of the molecule is Cc1cccc(C(=O)N2CCN(S(=O)(=O)CCc3ccccc3)CC2)c1. The summed E-state index contributed by atoms with van der Waals surface area (Å²) in [4.78, 5) is 14.3. The zero-order chi connectivity index (χ0) is 18.6. The van der Waals surface area contributed by atoms with Crippen LogP contribution in [0.3, 0.4) is 0 Å². The summed E-state index contributed by atoms with van der Waals surface area (Å²) >= 11 is 0. The quantitative estimate of drug-likeness (QED) is 0.809. The van der Waals surface area contributed by atoms with E-state index in [0.717, 1.165) is 11.1 Å². The van der Waals surface area contributed by atoms with E-state index in [1.54, 1.807) is 11.0 Å². The van der Waals surface area contributed by atoms with Crippen LogP contribution in [0.15, 0.2) is 54.6 Å². The summed E-state index contributed by atoms with van der Waals surface area (Å²) in [6, 6.07) is 17.1. The molecule has 26 heavy (non-hydrogen) atoms. The highest BCUT2D eigenvalue weighted by Crippen LogP contribution is 2.14. The van der Waals surface area contributed by atoms with Crippen LogP contribution in [0.1, 0.15) is 21.5 Å². The fraction of sp³-hybridized carbons (Fsp3) is 0.350. The van der Waals surface area contributed by atoms with E-state index in [1.165, 1.54) is 4.31 Å². The second-order valence-electron chi connectivity index (χ2n) is 6.61. The number of aryl methyl sites for hydroxylation is 2. The van der Waals surface area contributed by atoms with Crippen molar-refractivity contribution in [2.45, 2.75) is 13.3 Å². The Balaban J connectivity index is 1.56. The van der Waals surface area contributed by atoms with Gasteiger partial charge in [-0.2, -0.15) is 4.31 Å². The van der Waals surface area contributed by atoms with Gasteiger partial charge in [-0.05, 0) is 31.0 Å². The molecular formula is C20H24N2O3S. The third kappa shape index (κ3) is 4.51. The molecule has 138 valence electrons. The molecule has 1 heterocycles. The minimum absolute atomic E-state index is 0.0324. The van der Waals surface area contributed by atoms with Crippen LogP contribution in [0.4, 0.5) is 0 Å². The molecule has 0 aliphatic carbocycles. The lowest BCUT2D eigenvalue weighted by molar-refractivity contribution is 0.0698. The zero-order valence-corrected chi connectivity index (χ0v) is 15.8. The van der Waals surface area contributed by atoms with Gasteiger partial charge in [0.1, 0.15) is 0 Å². The van der Waals surface area contributed by atoms with Crippen LogP contribution < -0.4 is 0 Å². The van der Waals surface area contributed by atoms with Crippen molar-refractivity contribution in [1.82, 2.24) is 9.21 Å². The van der Waals surface area contributed by atoms with Gasteiger partial charge in [0, 0.05) is 31.7 Å². The molecule has 6 heteroatoms. The van der Waals surface area contributed by atoms with Crippen LogP contribution in [-0.2, 0) is 16.4 Å². The van der Waals surface area contributed by atoms with Crippen LogP contribution in [0.25, 0.3) is 0 Å². The van der Waals surface area contributed by atoms with Gasteiger partial charge in [-0.3, -0.25) is 4.79 Å². The van der Waals surface area contributed by atoms with E-state index in [2.05, 4.69) is 0 Å². The second-order valence-corrected chi connectivity index (χ2v) is 8.70. The predicted molar refractivity (Wildman–Crippen MR) is 103 cm³/mol. The Labute approximate surface area is 155 Å². The molecule has 1 aliphatic rings. The fourth-order valence-electron chi connectivity index (χ4n) is 3.15. The first kappa shape index (κ1) is 18.6. The molecule has 1 aliphatic heterocycles. The molecule has 3 rings (SSSR count). The number of carbonyl (C=O) groups is 1. The third-order valence-electron chi connectivity index (χ3n) is 4.68. The molecule has 0 unspecified atom stereocenters. The highest BCUT2D eigenvalue weighted by Gasteiger charge is 2.29. The van der Waals surface area contributed by atoms with Crippen molar-refractivity contribution in [2.75, 3.05) is 31.9 Å². The molecule has 0 saturated carbocycles. The third-order valence-corrected chi connectivity index (χ3v) is 6.55. The van der Waals surface area contributed by atoms with Crippen LogP contribution in [0.2, 0.25) is 0 Å². The lowest BCUT2D eigenvalue weighted by Gasteiger charge is -2.34. The van der Waals surface area contributed by atoms with E-state index >= 15 is 0 Å². The van der Waals surface area contributed by atoms with Gasteiger partial charge in [-0.1, -0.05) is 48.0 Å². The molecule has 0 aromatic heterocycles. The van der Waals surface area contributed by atoms with Crippen LogP contribution in [0, 0.1) is 6.92 Å². The molecule has 1 fully saturated rings. The molecule has 0 bridgehead atoms. The van der Waals surface area contributed by atoms with Crippen molar-refractivity contribution in [1.29, 1.82) is 0 Å². The zero-order valence-electron chi connectivity index (χ0n) is 15.0. The predicted octanol–water partition coefficient (Wildman–Crippen LogP) is 2.33. The normalized spacial score (nSPS) is 15.8. The first-order chi connectivity index (χ1) is 12.5. The number of sulfonamides is 1. The summed E-state index contributed by atoms with van der Waals surface area (Å²) in [5.74, 6) is 0.0677. The number of benzene rings is 2.